The lowest BCUT2D eigenvalue weighted by Gasteiger charge is -2.41. The summed E-state index contributed by atoms with van der Waals surface area (Å²) in [5, 5.41) is 3.63. The van der Waals surface area contributed by atoms with Crippen molar-refractivity contribution < 1.29 is 9.15 Å². The number of nitrogens with one attached hydrogen (secondary N) is 1. The zero-order valence-electron chi connectivity index (χ0n) is 17.1. The van der Waals surface area contributed by atoms with E-state index < -0.39 is 0 Å². The summed E-state index contributed by atoms with van der Waals surface area (Å²) in [5.74, 6) is 3.47. The van der Waals surface area contributed by atoms with E-state index in [1.165, 1.54) is 0 Å². The van der Waals surface area contributed by atoms with Gasteiger partial charge in [0.2, 0.25) is 11.9 Å². The molecule has 4 aromatic rings. The second kappa shape index (κ2) is 7.17. The van der Waals surface area contributed by atoms with Gasteiger partial charge < -0.3 is 14.5 Å². The number of fused-ring (bicyclic) bond motifs is 5. The predicted molar refractivity (Wildman–Crippen MR) is 118 cm³/mol. The third-order valence-electron chi connectivity index (χ3n) is 5.75. The highest BCUT2D eigenvalue weighted by atomic mass is 16.5. The quantitative estimate of drug-likeness (QED) is 0.552. The number of para-hydroxylation sites is 2. The molecule has 156 valence electrons. The van der Waals surface area contributed by atoms with Crippen LogP contribution in [0, 0.1) is 0 Å². The van der Waals surface area contributed by atoms with Crippen molar-refractivity contribution in [3.05, 3.63) is 78.3 Å². The monoisotopic (exact) mass is 414 g/mol. The molecule has 6 rings (SSSR count). The molecule has 4 heterocycles. The number of anilines is 1. The van der Waals surface area contributed by atoms with Crippen LogP contribution in [0.4, 0.5) is 5.95 Å². The number of guanidine groups is 1. The minimum Gasteiger partial charge on any atom is -0.497 e. The molecule has 0 amide bonds. The number of furan rings is 1. The highest BCUT2D eigenvalue weighted by Crippen LogP contribution is 2.34. The Morgan fingerprint density at radius 3 is 2.77 bits per heavy atom. The molecule has 8 heteroatoms. The Morgan fingerprint density at radius 1 is 1.10 bits per heavy atom. The minimum absolute atomic E-state index is 0.111. The van der Waals surface area contributed by atoms with Crippen LogP contribution in [-0.2, 0) is 6.54 Å². The number of methoxy groups -OCH3 is 1. The van der Waals surface area contributed by atoms with Gasteiger partial charge in [0, 0.05) is 0 Å². The molecule has 0 radical (unpaired) electrons. The van der Waals surface area contributed by atoms with E-state index in [0.29, 0.717) is 19.9 Å². The Morgan fingerprint density at radius 2 is 1.97 bits per heavy atom. The van der Waals surface area contributed by atoms with Crippen molar-refractivity contribution >= 4 is 22.9 Å². The number of imidazole rings is 1. The standard InChI is InChI=1S/C23H22N6O2/c1-30-17-10-8-16(9-11-17)21-26-22-24-14-27(13-18-5-4-12-31-18)15-28(22)23-25-19-6-2-3-7-20(19)29(21)23/h2-12,21H,13-15H2,1H3,(H,24,26). The summed E-state index contributed by atoms with van der Waals surface area (Å²) in [7, 11) is 1.68. The number of hydrogen-bond acceptors (Lipinski definition) is 7. The Kier molecular flexibility index (Phi) is 4.17. The van der Waals surface area contributed by atoms with Crippen molar-refractivity contribution in [1.29, 1.82) is 0 Å². The van der Waals surface area contributed by atoms with Crippen LogP contribution in [0.25, 0.3) is 11.0 Å². The van der Waals surface area contributed by atoms with E-state index in [2.05, 4.69) is 37.9 Å². The van der Waals surface area contributed by atoms with Gasteiger partial charge in [-0.15, -0.1) is 0 Å². The van der Waals surface area contributed by atoms with Gasteiger partial charge in [-0.2, -0.15) is 0 Å². The molecule has 1 unspecified atom stereocenters. The van der Waals surface area contributed by atoms with Gasteiger partial charge in [0.25, 0.3) is 0 Å². The maximum atomic E-state index is 5.53. The lowest BCUT2D eigenvalue weighted by molar-refractivity contribution is 0.243. The van der Waals surface area contributed by atoms with Crippen LogP contribution < -0.4 is 15.0 Å². The first-order chi connectivity index (χ1) is 15.3. The maximum absolute atomic E-state index is 5.53. The Hall–Kier alpha value is -3.78. The summed E-state index contributed by atoms with van der Waals surface area (Å²) < 4.78 is 13.1. The van der Waals surface area contributed by atoms with Gasteiger partial charge in [0.15, 0.2) is 0 Å². The number of nitrogens with zero attached hydrogens (tertiary/aromatic N) is 5. The third kappa shape index (κ3) is 3.03. The summed E-state index contributed by atoms with van der Waals surface area (Å²) >= 11 is 0. The first kappa shape index (κ1) is 18.0. The van der Waals surface area contributed by atoms with E-state index in [9.17, 15) is 0 Å². The molecule has 0 bridgehead atoms. The topological polar surface area (TPSA) is 71.1 Å². The normalized spacial score (nSPS) is 18.3. The molecule has 0 saturated heterocycles. The average Bonchev–Trinajstić information content (AvgIpc) is 3.47. The van der Waals surface area contributed by atoms with Crippen molar-refractivity contribution in [2.24, 2.45) is 4.99 Å². The van der Waals surface area contributed by atoms with Crippen molar-refractivity contribution in [2.45, 2.75) is 12.7 Å². The Labute approximate surface area is 179 Å². The average molecular weight is 414 g/mol. The van der Waals surface area contributed by atoms with E-state index in [1.807, 2.05) is 42.5 Å². The fourth-order valence-electron chi connectivity index (χ4n) is 4.25. The summed E-state index contributed by atoms with van der Waals surface area (Å²) in [4.78, 5) is 14.2. The highest BCUT2D eigenvalue weighted by molar-refractivity contribution is 5.98. The van der Waals surface area contributed by atoms with Crippen LogP contribution in [0.15, 0.2) is 76.3 Å². The van der Waals surface area contributed by atoms with Gasteiger partial charge in [-0.05, 0) is 42.0 Å². The van der Waals surface area contributed by atoms with Crippen molar-refractivity contribution in [3.63, 3.8) is 0 Å². The van der Waals surface area contributed by atoms with Gasteiger partial charge in [0.05, 0.1) is 44.3 Å². The lowest BCUT2D eigenvalue weighted by Crippen LogP contribution is -2.57. The molecular weight excluding hydrogens is 392 g/mol. The first-order valence-corrected chi connectivity index (χ1v) is 10.2. The number of rotatable bonds is 4. The fraction of sp³-hybridized carbons (Fsp3) is 0.217. The van der Waals surface area contributed by atoms with Gasteiger partial charge in [-0.3, -0.25) is 14.4 Å². The second-order valence-corrected chi connectivity index (χ2v) is 7.69. The first-order valence-electron chi connectivity index (χ1n) is 10.2. The van der Waals surface area contributed by atoms with Gasteiger partial charge >= 0.3 is 0 Å². The molecular formula is C23H22N6O2. The Balaban J connectivity index is 1.42. The number of aliphatic imine (C=N–C) groups is 1. The van der Waals surface area contributed by atoms with Crippen LogP contribution >= 0.6 is 0 Å². The maximum Gasteiger partial charge on any atom is 0.216 e. The van der Waals surface area contributed by atoms with Crippen LogP contribution in [0.5, 0.6) is 5.75 Å². The minimum atomic E-state index is -0.111. The van der Waals surface area contributed by atoms with Crippen molar-refractivity contribution in [1.82, 2.24) is 19.8 Å². The van der Waals surface area contributed by atoms with Gasteiger partial charge in [0.1, 0.15) is 17.7 Å². The van der Waals surface area contributed by atoms with Gasteiger partial charge in [-0.1, -0.05) is 24.3 Å². The largest absolute Gasteiger partial charge is 0.497 e. The number of hydrogen-bond donors (Lipinski definition) is 1. The summed E-state index contributed by atoms with van der Waals surface area (Å²) in [6, 6.07) is 20.2. The molecule has 2 aromatic carbocycles. The number of aromatic nitrogens is 2. The second-order valence-electron chi connectivity index (χ2n) is 7.69. The van der Waals surface area contributed by atoms with E-state index in [0.717, 1.165) is 40.0 Å². The molecule has 2 aromatic heterocycles. The van der Waals surface area contributed by atoms with E-state index in [4.69, 9.17) is 19.1 Å². The molecule has 1 N–H and O–H groups in total. The van der Waals surface area contributed by atoms with E-state index >= 15 is 0 Å². The zero-order valence-corrected chi connectivity index (χ0v) is 17.1. The van der Waals surface area contributed by atoms with E-state index in [-0.39, 0.29) is 6.17 Å². The zero-order chi connectivity index (χ0) is 20.8. The van der Waals surface area contributed by atoms with Crippen molar-refractivity contribution in [2.75, 3.05) is 25.3 Å². The molecule has 1 atom stereocenters. The van der Waals surface area contributed by atoms with Crippen molar-refractivity contribution in [3.8, 4) is 5.75 Å². The molecule has 31 heavy (non-hydrogen) atoms. The molecule has 0 fully saturated rings. The van der Waals surface area contributed by atoms with E-state index in [1.54, 1.807) is 13.4 Å². The van der Waals surface area contributed by atoms with Crippen LogP contribution in [0.3, 0.4) is 0 Å². The number of benzene rings is 2. The lowest BCUT2D eigenvalue weighted by atomic mass is 10.1. The number of ether oxygens (including phenoxy) is 1. The van der Waals surface area contributed by atoms with Gasteiger partial charge in [-0.25, -0.2) is 9.98 Å². The summed E-state index contributed by atoms with van der Waals surface area (Å²) in [5.41, 5.74) is 3.15. The summed E-state index contributed by atoms with van der Waals surface area (Å²) in [6.07, 6.45) is 1.59. The fourth-order valence-corrected chi connectivity index (χ4v) is 4.25. The SMILES string of the molecule is COc1ccc(C2NC3=NCN(Cc4ccco4)CN3c3nc4ccccc4n32)cc1. The smallest absolute Gasteiger partial charge is 0.216 e. The molecule has 0 spiro atoms. The van der Waals surface area contributed by atoms with Crippen LogP contribution in [0.2, 0.25) is 0 Å². The molecule has 0 aliphatic carbocycles. The van der Waals surface area contributed by atoms with Crippen LogP contribution in [0.1, 0.15) is 17.5 Å². The third-order valence-corrected chi connectivity index (χ3v) is 5.75. The molecule has 2 aliphatic rings. The molecule has 8 nitrogen and oxygen atoms in total. The molecule has 2 aliphatic heterocycles. The summed E-state index contributed by atoms with van der Waals surface area (Å²) in [6.45, 7) is 1.96. The Bertz CT molecular complexity index is 1250. The predicted octanol–water partition coefficient (Wildman–Crippen LogP) is 3.38. The highest BCUT2D eigenvalue weighted by Gasteiger charge is 2.35. The van der Waals surface area contributed by atoms with Crippen LogP contribution in [-0.4, -0.2) is 40.9 Å². The molecule has 0 saturated carbocycles.